The first-order valence-electron chi connectivity index (χ1n) is 14.1. The van der Waals surface area contributed by atoms with Crippen molar-refractivity contribution in [2.24, 2.45) is 0 Å². The average molecular weight is 586 g/mol. The standard InChI is InChI=1S/C29H42F3N3O6/c1-5-40-25(37)22(17-16-20-12-7-6-8-13-20)34-21(14-9-10-18-33-27(39)29(30,31)32)24(36)35-19-11-15-23(35)26(38)41-28(2,3)4/h6-8,12-13,21-23,34H,5,9-11,14-19H2,1-4H3,(H,33,39)/t21-,22-,23-/m0/s1. The molecular weight excluding hydrogens is 543 g/mol. The minimum absolute atomic E-state index is 0.146. The fourth-order valence-corrected chi connectivity index (χ4v) is 4.61. The highest BCUT2D eigenvalue weighted by molar-refractivity contribution is 5.89. The molecule has 1 aliphatic heterocycles. The van der Waals surface area contributed by atoms with E-state index in [1.165, 1.54) is 4.90 Å². The molecule has 3 atom stereocenters. The molecule has 0 aliphatic carbocycles. The van der Waals surface area contributed by atoms with Gasteiger partial charge < -0.3 is 19.7 Å². The zero-order chi connectivity index (χ0) is 30.6. The van der Waals surface area contributed by atoms with Gasteiger partial charge in [-0.15, -0.1) is 0 Å². The topological polar surface area (TPSA) is 114 Å². The Balaban J connectivity index is 2.18. The smallest absolute Gasteiger partial charge is 0.465 e. The number of alkyl halides is 3. The molecule has 12 heteroatoms. The van der Waals surface area contributed by atoms with Crippen molar-refractivity contribution in [2.75, 3.05) is 19.7 Å². The quantitative estimate of drug-likeness (QED) is 0.253. The van der Waals surface area contributed by atoms with Gasteiger partial charge in [-0.2, -0.15) is 13.2 Å². The summed E-state index contributed by atoms with van der Waals surface area (Å²) < 4.78 is 48.3. The zero-order valence-electron chi connectivity index (χ0n) is 24.2. The number of hydrogen-bond donors (Lipinski definition) is 2. The Morgan fingerprint density at radius 1 is 1.02 bits per heavy atom. The number of amides is 2. The van der Waals surface area contributed by atoms with Gasteiger partial charge in [-0.3, -0.25) is 19.7 Å². The Morgan fingerprint density at radius 2 is 1.71 bits per heavy atom. The number of esters is 2. The van der Waals surface area contributed by atoms with Crippen LogP contribution in [0, 0.1) is 0 Å². The van der Waals surface area contributed by atoms with Crippen LogP contribution in [0.5, 0.6) is 0 Å². The van der Waals surface area contributed by atoms with Gasteiger partial charge >= 0.3 is 24.0 Å². The molecule has 2 amide bonds. The average Bonchev–Trinajstić information content (AvgIpc) is 3.38. The van der Waals surface area contributed by atoms with Crippen molar-refractivity contribution in [3.05, 3.63) is 35.9 Å². The largest absolute Gasteiger partial charge is 0.471 e. The Bertz CT molecular complexity index is 1010. The first-order chi connectivity index (χ1) is 19.2. The number of halogens is 3. The maximum Gasteiger partial charge on any atom is 0.471 e. The monoisotopic (exact) mass is 585 g/mol. The van der Waals surface area contributed by atoms with Crippen LogP contribution < -0.4 is 10.6 Å². The Hall–Kier alpha value is -3.15. The molecule has 230 valence electrons. The molecule has 41 heavy (non-hydrogen) atoms. The second-order valence-corrected chi connectivity index (χ2v) is 11.0. The number of nitrogens with one attached hydrogen (secondary N) is 2. The molecule has 0 unspecified atom stereocenters. The van der Waals surface area contributed by atoms with Crippen LogP contribution >= 0.6 is 0 Å². The molecule has 0 spiro atoms. The van der Waals surface area contributed by atoms with Gasteiger partial charge in [-0.25, -0.2) is 4.79 Å². The maximum absolute atomic E-state index is 13.8. The summed E-state index contributed by atoms with van der Waals surface area (Å²) in [5.41, 5.74) is 0.260. The maximum atomic E-state index is 13.8. The third kappa shape index (κ3) is 11.7. The minimum atomic E-state index is -4.97. The number of benzene rings is 1. The molecule has 1 saturated heterocycles. The molecule has 1 aromatic carbocycles. The Labute approximate surface area is 239 Å². The lowest BCUT2D eigenvalue weighted by Crippen LogP contribution is -2.55. The molecule has 1 heterocycles. The second-order valence-electron chi connectivity index (χ2n) is 11.0. The predicted molar refractivity (Wildman–Crippen MR) is 146 cm³/mol. The molecule has 1 aliphatic rings. The van der Waals surface area contributed by atoms with E-state index in [0.29, 0.717) is 32.2 Å². The van der Waals surface area contributed by atoms with Gasteiger partial charge in [0.05, 0.1) is 12.6 Å². The molecule has 9 nitrogen and oxygen atoms in total. The lowest BCUT2D eigenvalue weighted by atomic mass is 10.0. The first-order valence-corrected chi connectivity index (χ1v) is 14.1. The van der Waals surface area contributed by atoms with E-state index in [1.54, 1.807) is 27.7 Å². The van der Waals surface area contributed by atoms with Crippen molar-refractivity contribution in [1.82, 2.24) is 15.5 Å². The SMILES string of the molecule is CCOC(=O)[C@H](CCc1ccccc1)N[C@@H](CCCCNC(=O)C(F)(F)F)C(=O)N1CCC[C@H]1C(=O)OC(C)(C)C. The molecule has 1 fully saturated rings. The van der Waals surface area contributed by atoms with E-state index in [1.807, 2.05) is 35.6 Å². The number of rotatable bonds is 14. The van der Waals surface area contributed by atoms with Crippen LogP contribution in [-0.2, 0) is 35.1 Å². The first kappa shape index (κ1) is 34.1. The van der Waals surface area contributed by atoms with Gasteiger partial charge in [0.2, 0.25) is 5.91 Å². The highest BCUT2D eigenvalue weighted by Crippen LogP contribution is 2.23. The number of likely N-dealkylation sites (tertiary alicyclic amines) is 1. The van der Waals surface area contributed by atoms with Gasteiger partial charge in [0, 0.05) is 13.1 Å². The molecule has 0 saturated carbocycles. The van der Waals surface area contributed by atoms with Gasteiger partial charge in [0.25, 0.3) is 0 Å². The van der Waals surface area contributed by atoms with Crippen molar-refractivity contribution in [3.63, 3.8) is 0 Å². The van der Waals surface area contributed by atoms with Crippen molar-refractivity contribution in [1.29, 1.82) is 0 Å². The molecule has 0 aromatic heterocycles. The molecule has 2 N–H and O–H groups in total. The summed E-state index contributed by atoms with van der Waals surface area (Å²) in [6, 6.07) is 6.98. The third-order valence-electron chi connectivity index (χ3n) is 6.51. The molecule has 0 bridgehead atoms. The molecular formula is C29H42F3N3O6. The number of aryl methyl sites for hydroxylation is 1. The van der Waals surface area contributed by atoms with E-state index >= 15 is 0 Å². The summed E-state index contributed by atoms with van der Waals surface area (Å²) in [7, 11) is 0. The van der Waals surface area contributed by atoms with Crippen LogP contribution in [0.2, 0.25) is 0 Å². The molecule has 2 rings (SSSR count). The zero-order valence-corrected chi connectivity index (χ0v) is 24.2. The van der Waals surface area contributed by atoms with Crippen LogP contribution in [0.25, 0.3) is 0 Å². The second kappa shape index (κ2) is 15.7. The Morgan fingerprint density at radius 3 is 2.32 bits per heavy atom. The number of carbonyl (C=O) groups is 4. The Kier molecular flexibility index (Phi) is 13.1. The summed E-state index contributed by atoms with van der Waals surface area (Å²) in [5, 5.41) is 4.96. The van der Waals surface area contributed by atoms with E-state index < -0.39 is 53.7 Å². The lowest BCUT2D eigenvalue weighted by molar-refractivity contribution is -0.173. The van der Waals surface area contributed by atoms with E-state index in [2.05, 4.69) is 5.32 Å². The van der Waals surface area contributed by atoms with Crippen molar-refractivity contribution in [2.45, 2.75) is 103 Å². The van der Waals surface area contributed by atoms with Crippen LogP contribution in [0.1, 0.15) is 71.8 Å². The van der Waals surface area contributed by atoms with Crippen LogP contribution in [0.15, 0.2) is 30.3 Å². The number of carbonyl (C=O) groups excluding carboxylic acids is 4. The number of hydrogen-bond acceptors (Lipinski definition) is 7. The predicted octanol–water partition coefficient (Wildman–Crippen LogP) is 3.69. The van der Waals surface area contributed by atoms with E-state index in [-0.39, 0.29) is 32.4 Å². The minimum Gasteiger partial charge on any atom is -0.465 e. The third-order valence-corrected chi connectivity index (χ3v) is 6.51. The summed E-state index contributed by atoms with van der Waals surface area (Å²) in [6.45, 7) is 7.15. The van der Waals surface area contributed by atoms with Crippen molar-refractivity contribution >= 4 is 23.8 Å². The number of ether oxygens (including phenoxy) is 2. The summed E-state index contributed by atoms with van der Waals surface area (Å²) in [4.78, 5) is 52.1. The van der Waals surface area contributed by atoms with Crippen LogP contribution in [0.4, 0.5) is 13.2 Å². The summed E-state index contributed by atoms with van der Waals surface area (Å²) in [6.07, 6.45) is -2.45. The fourth-order valence-electron chi connectivity index (χ4n) is 4.61. The highest BCUT2D eigenvalue weighted by atomic mass is 19.4. The molecule has 0 radical (unpaired) electrons. The van der Waals surface area contributed by atoms with Gasteiger partial charge in [-0.05, 0) is 78.2 Å². The summed E-state index contributed by atoms with van der Waals surface area (Å²) in [5.74, 6) is -3.46. The number of unbranched alkanes of at least 4 members (excludes halogenated alkanes) is 1. The van der Waals surface area contributed by atoms with E-state index in [9.17, 15) is 32.3 Å². The summed E-state index contributed by atoms with van der Waals surface area (Å²) >= 11 is 0. The number of nitrogens with zero attached hydrogens (tertiary/aromatic N) is 1. The fraction of sp³-hybridized carbons (Fsp3) is 0.655. The van der Waals surface area contributed by atoms with Gasteiger partial charge in [0.1, 0.15) is 17.7 Å². The van der Waals surface area contributed by atoms with Crippen molar-refractivity contribution in [3.8, 4) is 0 Å². The highest BCUT2D eigenvalue weighted by Gasteiger charge is 2.40. The molecule has 1 aromatic rings. The van der Waals surface area contributed by atoms with Gasteiger partial charge in [-0.1, -0.05) is 30.3 Å². The van der Waals surface area contributed by atoms with Crippen molar-refractivity contribution < 1.29 is 41.8 Å². The van der Waals surface area contributed by atoms with E-state index in [4.69, 9.17) is 9.47 Å². The lowest BCUT2D eigenvalue weighted by Gasteiger charge is -2.32. The van der Waals surface area contributed by atoms with E-state index in [0.717, 1.165) is 5.56 Å². The van der Waals surface area contributed by atoms with Gasteiger partial charge in [0.15, 0.2) is 0 Å². The van der Waals surface area contributed by atoms with Crippen LogP contribution in [0.3, 0.4) is 0 Å². The van der Waals surface area contributed by atoms with Crippen LogP contribution in [-0.4, -0.2) is 78.3 Å². The normalized spacial score (nSPS) is 17.0.